The number of benzene rings is 2. The van der Waals surface area contributed by atoms with Gasteiger partial charge in [-0.25, -0.2) is 4.39 Å². The first kappa shape index (κ1) is 14.8. The van der Waals surface area contributed by atoms with Crippen LogP contribution in [0.15, 0.2) is 42.5 Å². The Morgan fingerprint density at radius 3 is 2.38 bits per heavy atom. The molecule has 0 radical (unpaired) electrons. The fraction of sp³-hybridized carbons (Fsp3) is 0.188. The molecular formula is C16H17FN2O2. The number of hydrogen-bond donors (Lipinski definition) is 2. The largest absolute Gasteiger partial charge is 0.490 e. The number of rotatable bonds is 6. The van der Waals surface area contributed by atoms with E-state index < -0.39 is 5.82 Å². The lowest BCUT2D eigenvalue weighted by atomic mass is 10.1. The molecule has 0 saturated heterocycles. The van der Waals surface area contributed by atoms with E-state index in [0.717, 1.165) is 0 Å². The van der Waals surface area contributed by atoms with E-state index in [9.17, 15) is 4.39 Å². The van der Waals surface area contributed by atoms with E-state index in [0.29, 0.717) is 23.7 Å². The zero-order valence-corrected chi connectivity index (χ0v) is 11.7. The quantitative estimate of drug-likeness (QED) is 0.634. The summed E-state index contributed by atoms with van der Waals surface area (Å²) in [7, 11) is 0. The van der Waals surface area contributed by atoms with E-state index in [2.05, 4.69) is 0 Å². The molecule has 0 heterocycles. The molecule has 3 N–H and O–H groups in total. The van der Waals surface area contributed by atoms with Crippen molar-refractivity contribution in [1.29, 1.82) is 5.41 Å². The number of halogens is 1. The van der Waals surface area contributed by atoms with Crippen LogP contribution in [-0.4, -0.2) is 12.4 Å². The van der Waals surface area contributed by atoms with Crippen molar-refractivity contribution in [3.63, 3.8) is 0 Å². The zero-order valence-electron chi connectivity index (χ0n) is 11.7. The molecule has 0 amide bonds. The number of ether oxygens (including phenoxy) is 2. The fourth-order valence-electron chi connectivity index (χ4n) is 1.90. The van der Waals surface area contributed by atoms with Crippen molar-refractivity contribution in [2.45, 2.75) is 13.5 Å². The first-order chi connectivity index (χ1) is 10.1. The molecule has 0 spiro atoms. The summed E-state index contributed by atoms with van der Waals surface area (Å²) >= 11 is 0. The second-order valence-corrected chi connectivity index (χ2v) is 4.36. The predicted octanol–water partition coefficient (Wildman–Crippen LogP) is 3.09. The molecule has 110 valence electrons. The van der Waals surface area contributed by atoms with Crippen molar-refractivity contribution in [3.8, 4) is 11.5 Å². The molecule has 0 fully saturated rings. The Balaban J connectivity index is 2.17. The lowest BCUT2D eigenvalue weighted by Gasteiger charge is -2.12. The number of nitrogens with two attached hydrogens (primary N) is 1. The van der Waals surface area contributed by atoms with E-state index >= 15 is 0 Å². The molecule has 2 aromatic rings. The molecule has 0 saturated carbocycles. The molecule has 21 heavy (non-hydrogen) atoms. The molecular weight excluding hydrogens is 271 g/mol. The van der Waals surface area contributed by atoms with Crippen molar-refractivity contribution >= 4 is 5.84 Å². The monoisotopic (exact) mass is 288 g/mol. The van der Waals surface area contributed by atoms with Crippen LogP contribution in [0.25, 0.3) is 0 Å². The molecule has 0 atom stereocenters. The van der Waals surface area contributed by atoms with Crippen LogP contribution in [0.2, 0.25) is 0 Å². The van der Waals surface area contributed by atoms with Gasteiger partial charge < -0.3 is 15.2 Å². The van der Waals surface area contributed by atoms with Crippen molar-refractivity contribution in [2.24, 2.45) is 5.73 Å². The summed E-state index contributed by atoms with van der Waals surface area (Å²) in [4.78, 5) is 0. The summed E-state index contributed by atoms with van der Waals surface area (Å²) in [6, 6.07) is 11.9. The Hall–Kier alpha value is -2.56. The second-order valence-electron chi connectivity index (χ2n) is 4.36. The maximum absolute atomic E-state index is 14.1. The van der Waals surface area contributed by atoms with Crippen molar-refractivity contribution in [1.82, 2.24) is 0 Å². The molecule has 0 aliphatic heterocycles. The predicted molar refractivity (Wildman–Crippen MR) is 79.4 cm³/mol. The van der Waals surface area contributed by atoms with Crippen LogP contribution < -0.4 is 15.2 Å². The van der Waals surface area contributed by atoms with Gasteiger partial charge in [0, 0.05) is 5.56 Å². The highest BCUT2D eigenvalue weighted by molar-refractivity contribution is 5.95. The minimum absolute atomic E-state index is 0.0387. The van der Waals surface area contributed by atoms with Crippen LogP contribution in [0.5, 0.6) is 11.5 Å². The van der Waals surface area contributed by atoms with Gasteiger partial charge in [-0.2, -0.15) is 0 Å². The van der Waals surface area contributed by atoms with E-state index in [1.54, 1.807) is 24.3 Å². The lowest BCUT2D eigenvalue weighted by Crippen LogP contribution is -2.14. The molecule has 0 unspecified atom stereocenters. The van der Waals surface area contributed by atoms with E-state index in [-0.39, 0.29) is 18.0 Å². The smallest absolute Gasteiger partial charge is 0.161 e. The van der Waals surface area contributed by atoms with Gasteiger partial charge in [-0.05, 0) is 25.1 Å². The van der Waals surface area contributed by atoms with Gasteiger partial charge in [0.15, 0.2) is 11.5 Å². The highest BCUT2D eigenvalue weighted by atomic mass is 19.1. The Morgan fingerprint density at radius 1 is 1.10 bits per heavy atom. The van der Waals surface area contributed by atoms with Crippen LogP contribution in [0.1, 0.15) is 18.1 Å². The number of hydrogen-bond acceptors (Lipinski definition) is 3. The van der Waals surface area contributed by atoms with E-state index in [1.165, 1.54) is 6.07 Å². The molecule has 4 nitrogen and oxygen atoms in total. The maximum Gasteiger partial charge on any atom is 0.161 e. The Morgan fingerprint density at radius 2 is 1.76 bits per heavy atom. The van der Waals surface area contributed by atoms with Gasteiger partial charge in [0.25, 0.3) is 0 Å². The molecule has 2 rings (SSSR count). The summed E-state index contributed by atoms with van der Waals surface area (Å²) in [6.07, 6.45) is 0. The third kappa shape index (κ3) is 3.51. The number of para-hydroxylation sites is 2. The SMILES string of the molecule is CCOc1ccccc1OCc1cccc(C(=N)N)c1F. The summed E-state index contributed by atoms with van der Waals surface area (Å²) in [5, 5.41) is 7.33. The minimum Gasteiger partial charge on any atom is -0.490 e. The van der Waals surface area contributed by atoms with Crippen LogP contribution in [-0.2, 0) is 6.61 Å². The van der Waals surface area contributed by atoms with Gasteiger partial charge in [-0.15, -0.1) is 0 Å². The average Bonchev–Trinajstić information content (AvgIpc) is 2.47. The molecule has 0 aliphatic rings. The van der Waals surface area contributed by atoms with E-state index in [1.807, 2.05) is 19.1 Å². The Labute approximate surface area is 122 Å². The van der Waals surface area contributed by atoms with Gasteiger partial charge in [0.05, 0.1) is 12.2 Å². The van der Waals surface area contributed by atoms with Gasteiger partial charge >= 0.3 is 0 Å². The fourth-order valence-corrected chi connectivity index (χ4v) is 1.90. The third-order valence-electron chi connectivity index (χ3n) is 2.90. The van der Waals surface area contributed by atoms with Crippen LogP contribution >= 0.6 is 0 Å². The molecule has 0 aliphatic carbocycles. The second kappa shape index (κ2) is 6.74. The van der Waals surface area contributed by atoms with Gasteiger partial charge in [0.2, 0.25) is 0 Å². The molecule has 2 aromatic carbocycles. The standard InChI is InChI=1S/C16H17FN2O2/c1-2-20-13-8-3-4-9-14(13)21-10-11-6-5-7-12(15(11)17)16(18)19/h3-9H,2,10H2,1H3,(H3,18,19). The van der Waals surface area contributed by atoms with E-state index in [4.69, 9.17) is 20.6 Å². The van der Waals surface area contributed by atoms with Crippen molar-refractivity contribution in [2.75, 3.05) is 6.61 Å². The summed E-state index contributed by atoms with van der Waals surface area (Å²) < 4.78 is 25.2. The average molecular weight is 288 g/mol. The van der Waals surface area contributed by atoms with Crippen molar-refractivity contribution < 1.29 is 13.9 Å². The molecule has 0 aromatic heterocycles. The van der Waals surface area contributed by atoms with Crippen LogP contribution in [0.4, 0.5) is 4.39 Å². The zero-order chi connectivity index (χ0) is 15.2. The third-order valence-corrected chi connectivity index (χ3v) is 2.90. The minimum atomic E-state index is -0.529. The van der Waals surface area contributed by atoms with Crippen molar-refractivity contribution in [3.05, 3.63) is 59.4 Å². The highest BCUT2D eigenvalue weighted by Crippen LogP contribution is 2.27. The normalized spacial score (nSPS) is 10.2. The summed E-state index contributed by atoms with van der Waals surface area (Å²) in [6.45, 7) is 2.44. The molecule has 5 heteroatoms. The first-order valence-corrected chi connectivity index (χ1v) is 6.60. The van der Waals surface area contributed by atoms with Gasteiger partial charge in [-0.1, -0.05) is 24.3 Å². The topological polar surface area (TPSA) is 68.3 Å². The number of nitrogens with one attached hydrogen (secondary N) is 1. The Kier molecular flexibility index (Phi) is 4.77. The summed E-state index contributed by atoms with van der Waals surface area (Å²) in [5.74, 6) is 0.332. The first-order valence-electron chi connectivity index (χ1n) is 6.60. The van der Waals surface area contributed by atoms with Gasteiger partial charge in [-0.3, -0.25) is 5.41 Å². The maximum atomic E-state index is 14.1. The Bertz CT molecular complexity index is 644. The van der Waals surface area contributed by atoms with Crippen LogP contribution in [0, 0.1) is 11.2 Å². The number of nitrogen functional groups attached to an aromatic ring is 1. The van der Waals surface area contributed by atoms with Crippen LogP contribution in [0.3, 0.4) is 0 Å². The number of amidine groups is 1. The summed E-state index contributed by atoms with van der Waals surface area (Å²) in [5.41, 5.74) is 5.76. The van der Waals surface area contributed by atoms with Gasteiger partial charge in [0.1, 0.15) is 18.3 Å². The highest BCUT2D eigenvalue weighted by Gasteiger charge is 2.11. The lowest BCUT2D eigenvalue weighted by molar-refractivity contribution is 0.266. The molecule has 0 bridgehead atoms.